The van der Waals surface area contributed by atoms with Gasteiger partial charge in [-0.1, -0.05) is 11.2 Å². The number of nitrogens with one attached hydrogen (secondary N) is 1. The first-order valence-electron chi connectivity index (χ1n) is 3.72. The van der Waals surface area contributed by atoms with Gasteiger partial charge in [-0.05, 0) is 25.0 Å². The molecule has 0 spiro atoms. The summed E-state index contributed by atoms with van der Waals surface area (Å²) in [5, 5.41) is 5.96. The number of hydrogen-bond acceptors (Lipinski definition) is 2. The van der Waals surface area contributed by atoms with E-state index in [0.29, 0.717) is 19.5 Å². The van der Waals surface area contributed by atoms with Gasteiger partial charge in [0.25, 0.3) is 0 Å². The average molecular weight is 168 g/mol. The van der Waals surface area contributed by atoms with Crippen molar-refractivity contribution in [2.24, 2.45) is 5.11 Å². The Kier molecular flexibility index (Phi) is 6.68. The highest BCUT2D eigenvalue weighted by Crippen LogP contribution is 1.80. The van der Waals surface area contributed by atoms with Crippen LogP contribution in [-0.2, 0) is 4.79 Å². The minimum atomic E-state index is -0.113. The lowest BCUT2D eigenvalue weighted by Gasteiger charge is -1.97. The van der Waals surface area contributed by atoms with Crippen molar-refractivity contribution in [3.8, 4) is 0 Å². The van der Waals surface area contributed by atoms with Crippen molar-refractivity contribution in [2.45, 2.75) is 13.3 Å². The maximum atomic E-state index is 10.8. The van der Waals surface area contributed by atoms with E-state index in [-0.39, 0.29) is 5.91 Å². The lowest BCUT2D eigenvalue weighted by molar-refractivity contribution is -0.116. The highest BCUT2D eigenvalue weighted by atomic mass is 16.1. The molecule has 0 radical (unpaired) electrons. The fourth-order valence-electron chi connectivity index (χ4n) is 0.616. The number of carbonyl (C=O) groups is 1. The monoisotopic (exact) mass is 168 g/mol. The first kappa shape index (κ1) is 10.5. The second-order valence-corrected chi connectivity index (χ2v) is 2.10. The van der Waals surface area contributed by atoms with Gasteiger partial charge < -0.3 is 5.32 Å². The predicted octanol–water partition coefficient (Wildman–Crippen LogP) is 1.38. The minimum absolute atomic E-state index is 0.113. The van der Waals surface area contributed by atoms with E-state index >= 15 is 0 Å². The molecular formula is C7H12N4O. The van der Waals surface area contributed by atoms with Gasteiger partial charge in [-0.15, -0.1) is 0 Å². The summed E-state index contributed by atoms with van der Waals surface area (Å²) >= 11 is 0. The molecule has 5 heteroatoms. The average Bonchev–Trinajstić information content (AvgIpc) is 2.05. The summed E-state index contributed by atoms with van der Waals surface area (Å²) in [6.45, 7) is 2.74. The molecule has 0 heterocycles. The molecule has 0 aromatic rings. The summed E-state index contributed by atoms with van der Waals surface area (Å²) in [6.07, 6.45) is 3.80. The van der Waals surface area contributed by atoms with E-state index in [1.807, 2.05) is 0 Å². The van der Waals surface area contributed by atoms with Crippen molar-refractivity contribution in [3.63, 3.8) is 0 Å². The van der Waals surface area contributed by atoms with Gasteiger partial charge in [0.05, 0.1) is 0 Å². The molecule has 0 fully saturated rings. The molecule has 12 heavy (non-hydrogen) atoms. The molecule has 1 amide bonds. The number of nitrogens with zero attached hydrogens (tertiary/aromatic N) is 3. The van der Waals surface area contributed by atoms with Gasteiger partial charge in [0.2, 0.25) is 5.91 Å². The lowest BCUT2D eigenvalue weighted by atomic mass is 10.4. The molecule has 0 aliphatic heterocycles. The molecule has 0 aromatic heterocycles. The summed E-state index contributed by atoms with van der Waals surface area (Å²) in [5.74, 6) is -0.113. The van der Waals surface area contributed by atoms with E-state index in [1.165, 1.54) is 6.08 Å². The van der Waals surface area contributed by atoms with Gasteiger partial charge in [0, 0.05) is 18.0 Å². The van der Waals surface area contributed by atoms with Crippen LogP contribution in [0.2, 0.25) is 0 Å². The second-order valence-electron chi connectivity index (χ2n) is 2.10. The van der Waals surface area contributed by atoms with E-state index in [1.54, 1.807) is 13.0 Å². The number of carbonyl (C=O) groups excluding carboxylic acids is 1. The highest BCUT2D eigenvalue weighted by Gasteiger charge is 1.91. The van der Waals surface area contributed by atoms with Crippen molar-refractivity contribution in [2.75, 3.05) is 13.1 Å². The van der Waals surface area contributed by atoms with Gasteiger partial charge in [-0.2, -0.15) is 0 Å². The summed E-state index contributed by atoms with van der Waals surface area (Å²) < 4.78 is 0. The first-order chi connectivity index (χ1) is 5.81. The molecule has 5 nitrogen and oxygen atoms in total. The van der Waals surface area contributed by atoms with Gasteiger partial charge in [0.15, 0.2) is 0 Å². The van der Waals surface area contributed by atoms with E-state index in [4.69, 9.17) is 5.53 Å². The smallest absolute Gasteiger partial charge is 0.243 e. The molecule has 0 unspecified atom stereocenters. The quantitative estimate of drug-likeness (QED) is 0.217. The van der Waals surface area contributed by atoms with Crippen molar-refractivity contribution >= 4 is 5.91 Å². The molecule has 0 aliphatic carbocycles. The van der Waals surface area contributed by atoms with Crippen LogP contribution in [0.5, 0.6) is 0 Å². The largest absolute Gasteiger partial charge is 0.353 e. The number of allylic oxidation sites excluding steroid dienone is 1. The molecule has 1 N–H and O–H groups in total. The molecule has 0 bridgehead atoms. The number of rotatable bonds is 5. The summed E-state index contributed by atoms with van der Waals surface area (Å²) in [6, 6.07) is 0. The molecule has 0 saturated heterocycles. The Morgan fingerprint density at radius 3 is 3.08 bits per heavy atom. The van der Waals surface area contributed by atoms with Gasteiger partial charge >= 0.3 is 0 Å². The first-order valence-corrected chi connectivity index (χ1v) is 3.72. The van der Waals surface area contributed by atoms with Gasteiger partial charge in [0.1, 0.15) is 0 Å². The molecule has 66 valence electrons. The summed E-state index contributed by atoms with van der Waals surface area (Å²) in [4.78, 5) is 13.4. The third kappa shape index (κ3) is 6.64. The lowest BCUT2D eigenvalue weighted by Crippen LogP contribution is -2.22. The van der Waals surface area contributed by atoms with Crippen molar-refractivity contribution in [1.82, 2.24) is 5.32 Å². The fraction of sp³-hybridized carbons (Fsp3) is 0.571. The zero-order valence-electron chi connectivity index (χ0n) is 7.03. The summed E-state index contributed by atoms with van der Waals surface area (Å²) in [5.41, 5.74) is 7.92. The van der Waals surface area contributed by atoms with Crippen LogP contribution in [0.3, 0.4) is 0 Å². The van der Waals surface area contributed by atoms with E-state index in [9.17, 15) is 4.79 Å². The number of hydrogen-bond donors (Lipinski definition) is 1. The summed E-state index contributed by atoms with van der Waals surface area (Å²) in [7, 11) is 0. The van der Waals surface area contributed by atoms with Crippen LogP contribution in [0.15, 0.2) is 17.3 Å². The van der Waals surface area contributed by atoms with Crippen molar-refractivity contribution in [1.29, 1.82) is 0 Å². The van der Waals surface area contributed by atoms with Crippen molar-refractivity contribution < 1.29 is 4.79 Å². The standard InChI is InChI=1S/C7H12N4O/c1-2-4-7(12)9-5-3-6-10-11-8/h2,4H,3,5-6H2,1H3,(H,9,12). The highest BCUT2D eigenvalue weighted by molar-refractivity contribution is 5.87. The number of amides is 1. The SMILES string of the molecule is CC=CC(=O)NCCCN=[N+]=[N-]. The van der Waals surface area contributed by atoms with E-state index in [2.05, 4.69) is 15.3 Å². The molecular weight excluding hydrogens is 156 g/mol. The maximum Gasteiger partial charge on any atom is 0.243 e. The molecule has 0 aromatic carbocycles. The number of azide groups is 1. The van der Waals surface area contributed by atoms with Crippen LogP contribution in [0.1, 0.15) is 13.3 Å². The van der Waals surface area contributed by atoms with Crippen LogP contribution < -0.4 is 5.32 Å². The Morgan fingerprint density at radius 2 is 2.50 bits per heavy atom. The van der Waals surface area contributed by atoms with Gasteiger partial charge in [-0.3, -0.25) is 4.79 Å². The Hall–Kier alpha value is -1.48. The van der Waals surface area contributed by atoms with E-state index < -0.39 is 0 Å². The Balaban J connectivity index is 3.31. The Labute approximate surface area is 71.1 Å². The normalized spacial score (nSPS) is 9.42. The van der Waals surface area contributed by atoms with Crippen LogP contribution in [0.25, 0.3) is 10.4 Å². The third-order valence-corrected chi connectivity index (χ3v) is 1.12. The van der Waals surface area contributed by atoms with Gasteiger partial charge in [-0.25, -0.2) is 0 Å². The molecule has 0 rings (SSSR count). The van der Waals surface area contributed by atoms with E-state index in [0.717, 1.165) is 0 Å². The van der Waals surface area contributed by atoms with Crippen molar-refractivity contribution in [3.05, 3.63) is 22.6 Å². The zero-order valence-corrected chi connectivity index (χ0v) is 7.03. The van der Waals surface area contributed by atoms with Crippen LogP contribution in [-0.4, -0.2) is 19.0 Å². The minimum Gasteiger partial charge on any atom is -0.353 e. The Morgan fingerprint density at radius 1 is 1.75 bits per heavy atom. The Bertz CT molecular complexity index is 205. The fourth-order valence-corrected chi connectivity index (χ4v) is 0.616. The molecule has 0 saturated carbocycles. The molecule has 0 aliphatic rings. The molecule has 0 atom stereocenters. The van der Waals surface area contributed by atoms with Crippen LogP contribution >= 0.6 is 0 Å². The zero-order chi connectivity index (χ0) is 9.23. The topological polar surface area (TPSA) is 77.9 Å². The predicted molar refractivity (Wildman–Crippen MR) is 46.5 cm³/mol. The maximum absolute atomic E-state index is 10.8. The second kappa shape index (κ2) is 7.63. The van der Waals surface area contributed by atoms with Crippen LogP contribution in [0.4, 0.5) is 0 Å². The third-order valence-electron chi connectivity index (χ3n) is 1.12. The van der Waals surface area contributed by atoms with Crippen LogP contribution in [0, 0.1) is 0 Å².